The minimum Gasteiger partial charge on any atom is -0.301 e. The molecule has 0 saturated heterocycles. The molecule has 0 saturated carbocycles. The van der Waals surface area contributed by atoms with E-state index in [4.69, 9.17) is 0 Å². The third-order valence-corrected chi connectivity index (χ3v) is 3.79. The molecule has 2 amide bonds. The lowest BCUT2D eigenvalue weighted by Crippen LogP contribution is -2.47. The number of nitrogens with zero attached hydrogens (tertiary/aromatic N) is 1. The third kappa shape index (κ3) is 5.52. The number of benzene rings is 1. The van der Waals surface area contributed by atoms with Gasteiger partial charge in [0.2, 0.25) is 5.91 Å². The number of carbonyl (C=O) groups is 3. The van der Waals surface area contributed by atoms with Crippen LogP contribution < -0.4 is 5.43 Å². The lowest BCUT2D eigenvalue weighted by molar-refractivity contribution is -0.138. The maximum Gasteiger partial charge on any atom is 0.265 e. The first-order valence-corrected chi connectivity index (χ1v) is 7.87. The van der Waals surface area contributed by atoms with Gasteiger partial charge in [-0.25, -0.2) is 5.01 Å². The molecule has 1 heterocycles. The Labute approximate surface area is 138 Å². The molecule has 0 fully saturated rings. The largest absolute Gasteiger partial charge is 0.301 e. The van der Waals surface area contributed by atoms with Gasteiger partial charge in [0.05, 0.1) is 13.0 Å². The summed E-state index contributed by atoms with van der Waals surface area (Å²) in [5.41, 5.74) is 3.32. The highest BCUT2D eigenvalue weighted by atomic mass is 32.1. The van der Waals surface area contributed by atoms with Crippen LogP contribution in [0.2, 0.25) is 0 Å². The van der Waals surface area contributed by atoms with Crippen molar-refractivity contribution >= 4 is 35.5 Å². The molecule has 0 atom stereocenters. The molecule has 2 aromatic rings. The van der Waals surface area contributed by atoms with Gasteiger partial charge in [-0.1, -0.05) is 36.4 Å². The van der Waals surface area contributed by atoms with Crippen LogP contribution >= 0.6 is 11.3 Å². The molecule has 2 rings (SSSR count). The Balaban J connectivity index is 1.96. The molecule has 1 N–H and O–H groups in total. The van der Waals surface area contributed by atoms with E-state index in [9.17, 15) is 14.4 Å². The predicted octanol–water partition coefficient (Wildman–Crippen LogP) is 2.06. The first-order chi connectivity index (χ1) is 11.2. The van der Waals surface area contributed by atoms with Crippen LogP contribution in [0, 0.1) is 0 Å². The second kappa shape index (κ2) is 8.65. The molecule has 6 heteroatoms. The maximum absolute atomic E-state index is 12.1. The van der Waals surface area contributed by atoms with Crippen molar-refractivity contribution < 1.29 is 14.4 Å². The van der Waals surface area contributed by atoms with Gasteiger partial charge in [-0.05, 0) is 23.1 Å². The summed E-state index contributed by atoms with van der Waals surface area (Å²) in [6, 6.07) is 13.0. The molecule has 0 aliphatic heterocycles. The molecular weight excluding hydrogens is 312 g/mol. The monoisotopic (exact) mass is 328 g/mol. The van der Waals surface area contributed by atoms with Crippen LogP contribution in [0.3, 0.4) is 0 Å². The van der Waals surface area contributed by atoms with E-state index in [0.29, 0.717) is 6.29 Å². The molecule has 0 bridgehead atoms. The van der Waals surface area contributed by atoms with Crippen LogP contribution in [0.15, 0.2) is 53.9 Å². The number of thiophene rings is 1. The highest BCUT2D eigenvalue weighted by Crippen LogP contribution is 2.09. The summed E-state index contributed by atoms with van der Waals surface area (Å²) in [4.78, 5) is 35.7. The summed E-state index contributed by atoms with van der Waals surface area (Å²) in [5, 5.41) is 2.88. The molecule has 0 unspecified atom stereocenters. The van der Waals surface area contributed by atoms with Crippen molar-refractivity contribution in [3.63, 3.8) is 0 Å². The van der Waals surface area contributed by atoms with Crippen molar-refractivity contribution in [2.45, 2.75) is 6.42 Å². The van der Waals surface area contributed by atoms with Gasteiger partial charge in [-0.3, -0.25) is 15.0 Å². The van der Waals surface area contributed by atoms with Crippen LogP contribution in [0.25, 0.3) is 6.08 Å². The minimum atomic E-state index is -0.458. The smallest absolute Gasteiger partial charge is 0.265 e. The average molecular weight is 328 g/mol. The normalized spacial score (nSPS) is 10.4. The van der Waals surface area contributed by atoms with Crippen LogP contribution in [-0.2, 0) is 20.8 Å². The van der Waals surface area contributed by atoms with E-state index in [0.717, 1.165) is 15.4 Å². The Kier molecular flexibility index (Phi) is 6.26. The van der Waals surface area contributed by atoms with Gasteiger partial charge in [-0.15, -0.1) is 11.3 Å². The van der Waals surface area contributed by atoms with Crippen LogP contribution in [0.1, 0.15) is 10.4 Å². The second-order valence-corrected chi connectivity index (χ2v) is 5.68. The zero-order valence-electron chi connectivity index (χ0n) is 12.3. The van der Waals surface area contributed by atoms with E-state index < -0.39 is 5.91 Å². The average Bonchev–Trinajstić information content (AvgIpc) is 3.06. The SMILES string of the molecule is O=CCN(NC(=O)Cc1cccs1)C(=O)C=Cc1ccccc1. The quantitative estimate of drug-likeness (QED) is 0.501. The Morgan fingerprint density at radius 1 is 1.13 bits per heavy atom. The summed E-state index contributed by atoms with van der Waals surface area (Å²) in [6.07, 6.45) is 3.69. The maximum atomic E-state index is 12.1. The summed E-state index contributed by atoms with van der Waals surface area (Å²) in [5.74, 6) is -0.795. The summed E-state index contributed by atoms with van der Waals surface area (Å²) < 4.78 is 0. The van der Waals surface area contributed by atoms with Crippen LogP contribution in [-0.4, -0.2) is 29.7 Å². The Morgan fingerprint density at radius 2 is 1.91 bits per heavy atom. The number of aldehydes is 1. The molecule has 23 heavy (non-hydrogen) atoms. The van der Waals surface area contributed by atoms with E-state index in [2.05, 4.69) is 5.43 Å². The zero-order chi connectivity index (χ0) is 16.5. The minimum absolute atomic E-state index is 0.169. The van der Waals surface area contributed by atoms with Gasteiger partial charge in [0, 0.05) is 11.0 Å². The molecule has 0 aliphatic rings. The van der Waals surface area contributed by atoms with Crippen molar-refractivity contribution in [3.8, 4) is 0 Å². The van der Waals surface area contributed by atoms with E-state index in [-0.39, 0.29) is 18.9 Å². The predicted molar refractivity (Wildman–Crippen MR) is 89.4 cm³/mol. The van der Waals surface area contributed by atoms with E-state index in [1.807, 2.05) is 47.8 Å². The summed E-state index contributed by atoms with van der Waals surface area (Å²) in [6.45, 7) is -0.200. The number of carbonyl (C=O) groups excluding carboxylic acids is 3. The van der Waals surface area contributed by atoms with Crippen molar-refractivity contribution in [3.05, 3.63) is 64.4 Å². The fourth-order valence-corrected chi connectivity index (χ4v) is 2.55. The molecule has 0 spiro atoms. The molecular formula is C17H16N2O3S. The Morgan fingerprint density at radius 3 is 2.57 bits per heavy atom. The van der Waals surface area contributed by atoms with Crippen molar-refractivity contribution in [1.29, 1.82) is 0 Å². The fourth-order valence-electron chi connectivity index (χ4n) is 1.85. The second-order valence-electron chi connectivity index (χ2n) is 4.65. The first-order valence-electron chi connectivity index (χ1n) is 6.99. The van der Waals surface area contributed by atoms with Gasteiger partial charge in [0.1, 0.15) is 6.29 Å². The highest BCUT2D eigenvalue weighted by molar-refractivity contribution is 7.10. The number of hydrogen-bond acceptors (Lipinski definition) is 4. The number of hydrazine groups is 1. The molecule has 0 radical (unpaired) electrons. The molecule has 0 aliphatic carbocycles. The van der Waals surface area contributed by atoms with E-state index in [1.54, 1.807) is 6.08 Å². The molecule has 5 nitrogen and oxygen atoms in total. The Bertz CT molecular complexity index is 681. The Hall–Kier alpha value is -2.73. The van der Waals surface area contributed by atoms with Gasteiger partial charge in [-0.2, -0.15) is 0 Å². The van der Waals surface area contributed by atoms with Crippen molar-refractivity contribution in [2.24, 2.45) is 0 Å². The number of hydrogen-bond donors (Lipinski definition) is 1. The standard InChI is InChI=1S/C17H16N2O3S/c20-11-10-19(18-16(21)13-15-7-4-12-23-15)17(22)9-8-14-5-2-1-3-6-14/h1-9,11-12H,10,13H2,(H,18,21). The lowest BCUT2D eigenvalue weighted by atomic mass is 10.2. The molecule has 118 valence electrons. The van der Waals surface area contributed by atoms with Gasteiger partial charge in [0.25, 0.3) is 5.91 Å². The topological polar surface area (TPSA) is 66.5 Å². The molecule has 1 aromatic heterocycles. The van der Waals surface area contributed by atoms with E-state index in [1.165, 1.54) is 17.4 Å². The number of nitrogens with one attached hydrogen (secondary N) is 1. The summed E-state index contributed by atoms with van der Waals surface area (Å²) >= 11 is 1.46. The molecule has 1 aromatic carbocycles. The number of rotatable bonds is 6. The van der Waals surface area contributed by atoms with Crippen molar-refractivity contribution in [2.75, 3.05) is 6.54 Å². The zero-order valence-corrected chi connectivity index (χ0v) is 13.2. The van der Waals surface area contributed by atoms with Gasteiger partial charge >= 0.3 is 0 Å². The van der Waals surface area contributed by atoms with Gasteiger partial charge < -0.3 is 4.79 Å². The third-order valence-electron chi connectivity index (χ3n) is 2.92. The lowest BCUT2D eigenvalue weighted by Gasteiger charge is -2.19. The highest BCUT2D eigenvalue weighted by Gasteiger charge is 2.14. The fraction of sp³-hybridized carbons (Fsp3) is 0.118. The number of amides is 2. The first kappa shape index (κ1) is 16.6. The van der Waals surface area contributed by atoms with Gasteiger partial charge in [0.15, 0.2) is 0 Å². The van der Waals surface area contributed by atoms with Crippen LogP contribution in [0.5, 0.6) is 0 Å². The van der Waals surface area contributed by atoms with Crippen molar-refractivity contribution in [1.82, 2.24) is 10.4 Å². The van der Waals surface area contributed by atoms with Crippen LogP contribution in [0.4, 0.5) is 0 Å². The summed E-state index contributed by atoms with van der Waals surface area (Å²) in [7, 11) is 0. The van der Waals surface area contributed by atoms with E-state index >= 15 is 0 Å².